The minimum Gasteiger partial charge on any atom is -0.352 e. The van der Waals surface area contributed by atoms with Crippen LogP contribution < -0.4 is 10.6 Å². The summed E-state index contributed by atoms with van der Waals surface area (Å²) in [5.41, 5.74) is 3.45. The molecule has 5 nitrogen and oxygen atoms in total. The number of carbonyl (C=O) groups is 2. The predicted molar refractivity (Wildman–Crippen MR) is 116 cm³/mol. The van der Waals surface area contributed by atoms with Crippen LogP contribution in [0.2, 0.25) is 0 Å². The van der Waals surface area contributed by atoms with E-state index in [2.05, 4.69) is 22.5 Å². The van der Waals surface area contributed by atoms with Crippen molar-refractivity contribution in [3.05, 3.63) is 65.0 Å². The van der Waals surface area contributed by atoms with Crippen molar-refractivity contribution in [3.8, 4) is 11.3 Å². The molecule has 0 aliphatic rings. The van der Waals surface area contributed by atoms with Gasteiger partial charge in [-0.1, -0.05) is 43.3 Å². The van der Waals surface area contributed by atoms with E-state index in [1.165, 1.54) is 18.3 Å². The highest BCUT2D eigenvalue weighted by molar-refractivity contribution is 7.99. The Morgan fingerprint density at radius 2 is 1.86 bits per heavy atom. The third-order valence-electron chi connectivity index (χ3n) is 3.95. The van der Waals surface area contributed by atoms with E-state index in [-0.39, 0.29) is 11.8 Å². The molecule has 1 heterocycles. The van der Waals surface area contributed by atoms with Gasteiger partial charge in [-0.05, 0) is 23.4 Å². The average molecular weight is 412 g/mol. The number of thiazole rings is 1. The molecule has 2 N–H and O–H groups in total. The van der Waals surface area contributed by atoms with Gasteiger partial charge in [0, 0.05) is 29.3 Å². The van der Waals surface area contributed by atoms with Crippen molar-refractivity contribution in [2.24, 2.45) is 0 Å². The summed E-state index contributed by atoms with van der Waals surface area (Å²) in [6.07, 6.45) is 0. The molecule has 2 aromatic carbocycles. The second-order valence-corrected chi connectivity index (χ2v) is 8.19. The van der Waals surface area contributed by atoms with Gasteiger partial charge in [0.1, 0.15) is 0 Å². The topological polar surface area (TPSA) is 71.1 Å². The van der Waals surface area contributed by atoms with Crippen LogP contribution in [-0.2, 0) is 11.3 Å². The number of amides is 2. The molecule has 3 aromatic rings. The van der Waals surface area contributed by atoms with Crippen molar-refractivity contribution in [1.29, 1.82) is 0 Å². The van der Waals surface area contributed by atoms with Crippen LogP contribution in [-0.4, -0.2) is 22.6 Å². The number of nitrogens with one attached hydrogen (secondary N) is 2. The fourth-order valence-electron chi connectivity index (χ4n) is 2.58. The molecule has 144 valence electrons. The first-order chi connectivity index (χ1) is 13.6. The molecule has 0 spiro atoms. The van der Waals surface area contributed by atoms with Gasteiger partial charge in [-0.2, -0.15) is 0 Å². The summed E-state index contributed by atoms with van der Waals surface area (Å²) in [7, 11) is 0. The Kier molecular flexibility index (Phi) is 6.84. The number of aromatic nitrogens is 1. The highest BCUT2D eigenvalue weighted by Crippen LogP contribution is 2.27. The lowest BCUT2D eigenvalue weighted by molar-refractivity contribution is -0.119. The number of benzene rings is 2. The Hall–Kier alpha value is -2.64. The molecule has 0 fully saturated rings. The van der Waals surface area contributed by atoms with Crippen molar-refractivity contribution in [2.75, 3.05) is 11.1 Å². The standard InChI is InChI=1S/C21H21N3O2S2/c1-3-27-19-7-5-4-6-17(19)20(26)24-21-23-18(13-28-21)16-10-8-15(9-11-16)12-22-14(2)25/h4-11,13H,3,12H2,1-2H3,(H,22,25)(H,23,24,26). The summed E-state index contributed by atoms with van der Waals surface area (Å²) in [5.74, 6) is 0.704. The van der Waals surface area contributed by atoms with Gasteiger partial charge in [-0.25, -0.2) is 4.98 Å². The van der Waals surface area contributed by atoms with Crippen molar-refractivity contribution in [2.45, 2.75) is 25.3 Å². The van der Waals surface area contributed by atoms with E-state index in [1.54, 1.807) is 11.8 Å². The van der Waals surface area contributed by atoms with Crippen molar-refractivity contribution in [1.82, 2.24) is 10.3 Å². The van der Waals surface area contributed by atoms with E-state index in [0.29, 0.717) is 17.2 Å². The quantitative estimate of drug-likeness (QED) is 0.547. The molecule has 0 radical (unpaired) electrons. The van der Waals surface area contributed by atoms with Crippen LogP contribution >= 0.6 is 23.1 Å². The fourth-order valence-corrected chi connectivity index (χ4v) is 4.10. The summed E-state index contributed by atoms with van der Waals surface area (Å²) in [4.78, 5) is 29.1. The zero-order valence-corrected chi connectivity index (χ0v) is 17.3. The number of hydrogen-bond acceptors (Lipinski definition) is 5. The first-order valence-corrected chi connectivity index (χ1v) is 10.8. The SMILES string of the molecule is CCSc1ccccc1C(=O)Nc1nc(-c2ccc(CNC(C)=O)cc2)cs1. The Morgan fingerprint density at radius 1 is 1.11 bits per heavy atom. The zero-order valence-electron chi connectivity index (χ0n) is 15.7. The van der Waals surface area contributed by atoms with Gasteiger partial charge in [0.25, 0.3) is 5.91 Å². The molecule has 2 amide bonds. The van der Waals surface area contributed by atoms with Crippen molar-refractivity contribution < 1.29 is 9.59 Å². The van der Waals surface area contributed by atoms with E-state index in [1.807, 2.05) is 53.9 Å². The van der Waals surface area contributed by atoms with Crippen LogP contribution in [0.4, 0.5) is 5.13 Å². The van der Waals surface area contributed by atoms with E-state index < -0.39 is 0 Å². The van der Waals surface area contributed by atoms with Crippen LogP contribution in [0.5, 0.6) is 0 Å². The number of carbonyl (C=O) groups excluding carboxylic acids is 2. The molecule has 1 aromatic heterocycles. The lowest BCUT2D eigenvalue weighted by Gasteiger charge is -2.07. The highest BCUT2D eigenvalue weighted by Gasteiger charge is 2.13. The molecule has 28 heavy (non-hydrogen) atoms. The molecule has 0 saturated carbocycles. The van der Waals surface area contributed by atoms with Gasteiger partial charge in [0.15, 0.2) is 5.13 Å². The van der Waals surface area contributed by atoms with Crippen LogP contribution in [0.25, 0.3) is 11.3 Å². The van der Waals surface area contributed by atoms with E-state index in [9.17, 15) is 9.59 Å². The molecular weight excluding hydrogens is 390 g/mol. The molecule has 0 aliphatic heterocycles. The largest absolute Gasteiger partial charge is 0.352 e. The number of thioether (sulfide) groups is 1. The first kappa shape index (κ1) is 20.1. The van der Waals surface area contributed by atoms with Gasteiger partial charge in [0.05, 0.1) is 11.3 Å². The first-order valence-electron chi connectivity index (χ1n) is 8.89. The second kappa shape index (κ2) is 9.52. The van der Waals surface area contributed by atoms with E-state index in [0.717, 1.165) is 27.5 Å². The van der Waals surface area contributed by atoms with Gasteiger partial charge >= 0.3 is 0 Å². The second-order valence-electron chi connectivity index (χ2n) is 6.03. The van der Waals surface area contributed by atoms with Gasteiger partial charge < -0.3 is 5.32 Å². The highest BCUT2D eigenvalue weighted by atomic mass is 32.2. The van der Waals surface area contributed by atoms with E-state index >= 15 is 0 Å². The summed E-state index contributed by atoms with van der Waals surface area (Å²) in [5, 5.41) is 8.16. The van der Waals surface area contributed by atoms with Gasteiger partial charge in [0.2, 0.25) is 5.91 Å². The molecule has 0 bridgehead atoms. The zero-order chi connectivity index (χ0) is 19.9. The minimum atomic E-state index is -0.150. The van der Waals surface area contributed by atoms with Crippen LogP contribution in [0.1, 0.15) is 29.8 Å². The molecular formula is C21H21N3O2S2. The lowest BCUT2D eigenvalue weighted by Crippen LogP contribution is -2.18. The molecule has 0 unspecified atom stereocenters. The number of rotatable bonds is 7. The van der Waals surface area contributed by atoms with Crippen molar-refractivity contribution in [3.63, 3.8) is 0 Å². The summed E-state index contributed by atoms with van der Waals surface area (Å²) in [6, 6.07) is 15.4. The van der Waals surface area contributed by atoms with Crippen LogP contribution in [0.15, 0.2) is 58.8 Å². The smallest absolute Gasteiger partial charge is 0.258 e. The van der Waals surface area contributed by atoms with Crippen LogP contribution in [0.3, 0.4) is 0 Å². The maximum absolute atomic E-state index is 12.6. The molecule has 0 aliphatic carbocycles. The summed E-state index contributed by atoms with van der Waals surface area (Å²) in [6.45, 7) is 4.07. The van der Waals surface area contributed by atoms with Gasteiger partial charge in [-0.3, -0.25) is 14.9 Å². The summed E-state index contributed by atoms with van der Waals surface area (Å²) < 4.78 is 0. The Labute approximate surface area is 172 Å². The lowest BCUT2D eigenvalue weighted by atomic mass is 10.1. The van der Waals surface area contributed by atoms with Crippen molar-refractivity contribution >= 4 is 40.0 Å². The Balaban J connectivity index is 1.69. The Morgan fingerprint density at radius 3 is 2.57 bits per heavy atom. The maximum Gasteiger partial charge on any atom is 0.258 e. The number of hydrogen-bond donors (Lipinski definition) is 2. The molecule has 0 saturated heterocycles. The third-order valence-corrected chi connectivity index (χ3v) is 5.66. The molecule has 0 atom stereocenters. The molecule has 3 rings (SSSR count). The number of nitrogens with zero attached hydrogens (tertiary/aromatic N) is 1. The predicted octanol–water partition coefficient (Wildman–Crippen LogP) is 4.81. The average Bonchev–Trinajstić information content (AvgIpc) is 3.16. The molecule has 7 heteroatoms. The Bertz CT molecular complexity index is 968. The number of anilines is 1. The fraction of sp³-hybridized carbons (Fsp3) is 0.190. The van der Waals surface area contributed by atoms with E-state index in [4.69, 9.17) is 0 Å². The monoisotopic (exact) mass is 411 g/mol. The summed E-state index contributed by atoms with van der Waals surface area (Å²) >= 11 is 3.04. The third kappa shape index (κ3) is 5.21. The normalized spacial score (nSPS) is 10.5. The maximum atomic E-state index is 12.6. The van der Waals surface area contributed by atoms with Gasteiger partial charge in [-0.15, -0.1) is 23.1 Å². The van der Waals surface area contributed by atoms with Crippen LogP contribution in [0, 0.1) is 0 Å². The minimum absolute atomic E-state index is 0.0529.